The Labute approximate surface area is 105 Å². The van der Waals surface area contributed by atoms with Gasteiger partial charge in [0.1, 0.15) is 17.6 Å². The van der Waals surface area contributed by atoms with Gasteiger partial charge >= 0.3 is 0 Å². The van der Waals surface area contributed by atoms with E-state index in [0.29, 0.717) is 5.82 Å². The van der Waals surface area contributed by atoms with Crippen LogP contribution >= 0.6 is 0 Å². The number of primary amides is 1. The average Bonchev–Trinajstić information content (AvgIpc) is 2.34. The van der Waals surface area contributed by atoms with Crippen molar-refractivity contribution < 1.29 is 9.59 Å². The van der Waals surface area contributed by atoms with Crippen LogP contribution in [-0.4, -0.2) is 22.8 Å². The first-order valence-electron chi connectivity index (χ1n) is 5.49. The monoisotopic (exact) mass is 251 g/mol. The summed E-state index contributed by atoms with van der Waals surface area (Å²) in [6.45, 7) is 3.59. The van der Waals surface area contributed by atoms with Crippen molar-refractivity contribution in [2.24, 2.45) is 17.5 Å². The number of rotatable bonds is 5. The number of nitrogen functional groups attached to an aromatic ring is 1. The molecule has 0 bridgehead atoms. The first-order valence-corrected chi connectivity index (χ1v) is 5.49. The standard InChI is InChI=1S/C11H17N5O2/c1-6(2)9(10(12)17)15-11(18)7-4-3-5-8(14-7)16-13/h3-6,9H,13H2,1-2H3,(H2,12,17)(H,14,16)(H,15,18). The van der Waals surface area contributed by atoms with E-state index in [2.05, 4.69) is 15.7 Å². The molecule has 1 atom stereocenters. The number of carbonyl (C=O) groups is 2. The minimum absolute atomic E-state index is 0.0951. The van der Waals surface area contributed by atoms with Crippen LogP contribution in [0.3, 0.4) is 0 Å². The molecule has 0 saturated carbocycles. The molecule has 7 nitrogen and oxygen atoms in total. The first-order chi connectivity index (χ1) is 8.45. The molecule has 0 fully saturated rings. The summed E-state index contributed by atoms with van der Waals surface area (Å²) in [5, 5.41) is 2.54. The van der Waals surface area contributed by atoms with Crippen LogP contribution in [0.2, 0.25) is 0 Å². The van der Waals surface area contributed by atoms with E-state index in [1.165, 1.54) is 6.07 Å². The van der Waals surface area contributed by atoms with Crippen LogP contribution in [0, 0.1) is 5.92 Å². The molecule has 1 unspecified atom stereocenters. The normalized spacial score (nSPS) is 12.0. The highest BCUT2D eigenvalue weighted by Gasteiger charge is 2.22. The maximum Gasteiger partial charge on any atom is 0.270 e. The number of hydrogen-bond acceptors (Lipinski definition) is 5. The highest BCUT2D eigenvalue weighted by molar-refractivity contribution is 5.96. The Hall–Kier alpha value is -2.15. The molecule has 1 aromatic heterocycles. The Bertz CT molecular complexity index is 447. The second kappa shape index (κ2) is 5.97. The van der Waals surface area contributed by atoms with Gasteiger partial charge in [0.25, 0.3) is 5.91 Å². The molecular formula is C11H17N5O2. The predicted octanol–water partition coefficient (Wildman–Crippen LogP) is -0.393. The third-order valence-corrected chi connectivity index (χ3v) is 2.39. The van der Waals surface area contributed by atoms with Crippen LogP contribution in [0.25, 0.3) is 0 Å². The fourth-order valence-corrected chi connectivity index (χ4v) is 1.42. The van der Waals surface area contributed by atoms with Gasteiger partial charge in [-0.25, -0.2) is 10.8 Å². The number of anilines is 1. The first kappa shape index (κ1) is 13.9. The molecule has 1 aromatic rings. The van der Waals surface area contributed by atoms with Gasteiger partial charge in [0.05, 0.1) is 0 Å². The molecule has 0 radical (unpaired) electrons. The number of aromatic nitrogens is 1. The third-order valence-electron chi connectivity index (χ3n) is 2.39. The Kier molecular flexibility index (Phi) is 4.61. The minimum atomic E-state index is -0.728. The van der Waals surface area contributed by atoms with Crippen LogP contribution in [0.1, 0.15) is 24.3 Å². The molecule has 7 heteroatoms. The van der Waals surface area contributed by atoms with Crippen molar-refractivity contribution in [3.05, 3.63) is 23.9 Å². The molecule has 0 saturated heterocycles. The Morgan fingerprint density at radius 2 is 2.00 bits per heavy atom. The van der Waals surface area contributed by atoms with E-state index in [9.17, 15) is 9.59 Å². The molecule has 6 N–H and O–H groups in total. The van der Waals surface area contributed by atoms with E-state index in [-0.39, 0.29) is 11.6 Å². The van der Waals surface area contributed by atoms with E-state index < -0.39 is 17.9 Å². The summed E-state index contributed by atoms with van der Waals surface area (Å²) in [5.41, 5.74) is 7.72. The van der Waals surface area contributed by atoms with Crippen molar-refractivity contribution in [2.75, 3.05) is 5.43 Å². The van der Waals surface area contributed by atoms with E-state index in [4.69, 9.17) is 11.6 Å². The van der Waals surface area contributed by atoms with Crippen molar-refractivity contribution >= 4 is 17.6 Å². The van der Waals surface area contributed by atoms with Crippen molar-refractivity contribution in [1.82, 2.24) is 10.3 Å². The lowest BCUT2D eigenvalue weighted by atomic mass is 10.0. The number of amides is 2. The molecule has 2 amide bonds. The van der Waals surface area contributed by atoms with Gasteiger partial charge in [-0.2, -0.15) is 0 Å². The SMILES string of the molecule is CC(C)C(NC(=O)c1cccc(NN)n1)C(N)=O. The maximum atomic E-state index is 11.9. The van der Waals surface area contributed by atoms with Crippen LogP contribution in [0.5, 0.6) is 0 Å². The lowest BCUT2D eigenvalue weighted by molar-refractivity contribution is -0.120. The van der Waals surface area contributed by atoms with E-state index in [1.54, 1.807) is 26.0 Å². The van der Waals surface area contributed by atoms with Gasteiger partial charge in [0.15, 0.2) is 0 Å². The summed E-state index contributed by atoms with van der Waals surface area (Å²) in [5.74, 6) is 4.42. The summed E-state index contributed by atoms with van der Waals surface area (Å²) in [6, 6.07) is 4.04. The number of nitrogens with two attached hydrogens (primary N) is 2. The molecular weight excluding hydrogens is 234 g/mol. The molecule has 98 valence electrons. The summed E-state index contributed by atoms with van der Waals surface area (Å²) in [7, 11) is 0. The van der Waals surface area contributed by atoms with Crippen LogP contribution < -0.4 is 22.3 Å². The second-order valence-corrected chi connectivity index (χ2v) is 4.15. The van der Waals surface area contributed by atoms with Gasteiger partial charge in [-0.1, -0.05) is 19.9 Å². The van der Waals surface area contributed by atoms with Gasteiger partial charge in [-0.3, -0.25) is 9.59 Å². The molecule has 0 aliphatic rings. The number of hydrogen-bond donors (Lipinski definition) is 4. The number of nitrogens with one attached hydrogen (secondary N) is 2. The van der Waals surface area contributed by atoms with Gasteiger partial charge in [-0.05, 0) is 18.1 Å². The summed E-state index contributed by atoms with van der Waals surface area (Å²) in [4.78, 5) is 27.0. The quantitative estimate of drug-likeness (QED) is 0.419. The van der Waals surface area contributed by atoms with E-state index in [1.807, 2.05) is 0 Å². The Balaban J connectivity index is 2.83. The number of nitrogens with zero attached hydrogens (tertiary/aromatic N) is 1. The van der Waals surface area contributed by atoms with Gasteiger partial charge in [0.2, 0.25) is 5.91 Å². The summed E-state index contributed by atoms with van der Waals surface area (Å²) in [6.07, 6.45) is 0. The molecule has 18 heavy (non-hydrogen) atoms. The van der Waals surface area contributed by atoms with Crippen LogP contribution in [0.15, 0.2) is 18.2 Å². The fourth-order valence-electron chi connectivity index (χ4n) is 1.42. The fraction of sp³-hybridized carbons (Fsp3) is 0.364. The molecule has 0 spiro atoms. The van der Waals surface area contributed by atoms with Crippen molar-refractivity contribution in [2.45, 2.75) is 19.9 Å². The third kappa shape index (κ3) is 3.42. The molecule has 0 aromatic carbocycles. The highest BCUT2D eigenvalue weighted by atomic mass is 16.2. The Morgan fingerprint density at radius 1 is 1.33 bits per heavy atom. The van der Waals surface area contributed by atoms with Crippen LogP contribution in [-0.2, 0) is 4.79 Å². The summed E-state index contributed by atoms with van der Waals surface area (Å²) >= 11 is 0. The second-order valence-electron chi connectivity index (χ2n) is 4.15. The van der Waals surface area contributed by atoms with Gasteiger partial charge in [0, 0.05) is 0 Å². The largest absolute Gasteiger partial charge is 0.368 e. The van der Waals surface area contributed by atoms with Crippen molar-refractivity contribution in [3.8, 4) is 0 Å². The lowest BCUT2D eigenvalue weighted by Crippen LogP contribution is -2.47. The predicted molar refractivity (Wildman–Crippen MR) is 67.3 cm³/mol. The lowest BCUT2D eigenvalue weighted by Gasteiger charge is -2.18. The van der Waals surface area contributed by atoms with E-state index >= 15 is 0 Å². The number of hydrazine groups is 1. The average molecular weight is 251 g/mol. The summed E-state index contributed by atoms with van der Waals surface area (Å²) < 4.78 is 0. The smallest absolute Gasteiger partial charge is 0.270 e. The van der Waals surface area contributed by atoms with E-state index in [0.717, 1.165) is 0 Å². The molecule has 1 rings (SSSR count). The van der Waals surface area contributed by atoms with Crippen molar-refractivity contribution in [1.29, 1.82) is 0 Å². The number of pyridine rings is 1. The molecule has 1 heterocycles. The van der Waals surface area contributed by atoms with Crippen LogP contribution in [0.4, 0.5) is 5.82 Å². The Morgan fingerprint density at radius 3 is 2.50 bits per heavy atom. The molecule has 0 aliphatic carbocycles. The van der Waals surface area contributed by atoms with Crippen molar-refractivity contribution in [3.63, 3.8) is 0 Å². The topological polar surface area (TPSA) is 123 Å². The zero-order valence-electron chi connectivity index (χ0n) is 10.3. The molecule has 0 aliphatic heterocycles. The minimum Gasteiger partial charge on any atom is -0.368 e. The van der Waals surface area contributed by atoms with Gasteiger partial charge < -0.3 is 16.5 Å². The zero-order valence-corrected chi connectivity index (χ0v) is 10.3. The maximum absolute atomic E-state index is 11.9. The zero-order chi connectivity index (χ0) is 13.7. The van der Waals surface area contributed by atoms with Gasteiger partial charge in [-0.15, -0.1) is 0 Å². The highest BCUT2D eigenvalue weighted by Crippen LogP contribution is 2.06. The number of carbonyl (C=O) groups excluding carboxylic acids is 2.